The van der Waals surface area contributed by atoms with E-state index in [2.05, 4.69) is 42.2 Å². The fourth-order valence-electron chi connectivity index (χ4n) is 3.06. The summed E-state index contributed by atoms with van der Waals surface area (Å²) in [5, 5.41) is 14.0. The van der Waals surface area contributed by atoms with Crippen LogP contribution in [0.25, 0.3) is 0 Å². The van der Waals surface area contributed by atoms with E-state index in [0.29, 0.717) is 5.69 Å². The van der Waals surface area contributed by atoms with Crippen LogP contribution >= 0.6 is 15.9 Å². The summed E-state index contributed by atoms with van der Waals surface area (Å²) in [4.78, 5) is 18.2. The van der Waals surface area contributed by atoms with Gasteiger partial charge in [-0.15, -0.1) is 0 Å². The van der Waals surface area contributed by atoms with Gasteiger partial charge in [-0.3, -0.25) is 9.73 Å². The Kier molecular flexibility index (Phi) is 7.06. The number of benzene rings is 3. The van der Waals surface area contributed by atoms with Gasteiger partial charge in [-0.1, -0.05) is 65.8 Å². The number of carbonyl (C=O) groups excluding carboxylic acids is 1. The van der Waals surface area contributed by atoms with Crippen LogP contribution in [0, 0.1) is 5.82 Å². The Bertz CT molecular complexity index is 1210. The van der Waals surface area contributed by atoms with Crippen LogP contribution in [-0.2, 0) is 9.73 Å². The number of hydrogen-bond donors (Lipinski definition) is 2. The number of amides is 1. The summed E-state index contributed by atoms with van der Waals surface area (Å²) in [5.41, 5.74) is 4.82. The number of halogens is 2. The van der Waals surface area contributed by atoms with Crippen molar-refractivity contribution < 1.29 is 18.8 Å². The molecule has 8 nitrogen and oxygen atoms in total. The van der Waals surface area contributed by atoms with Gasteiger partial charge < -0.3 is 5.32 Å². The smallest absolute Gasteiger partial charge is 0.237 e. The Hall–Kier alpha value is -4.05. The highest BCUT2D eigenvalue weighted by molar-refractivity contribution is 9.10. The van der Waals surface area contributed by atoms with Crippen molar-refractivity contribution in [1.82, 2.24) is 10.3 Å². The maximum Gasteiger partial charge on any atom is 0.237 e. The zero-order valence-corrected chi connectivity index (χ0v) is 18.6. The van der Waals surface area contributed by atoms with Gasteiger partial charge in [0.05, 0.1) is 16.1 Å². The topological polar surface area (TPSA) is 102 Å². The third-order valence-corrected chi connectivity index (χ3v) is 5.20. The summed E-state index contributed by atoms with van der Waals surface area (Å²) in [6.45, 7) is 0. The molecule has 0 fully saturated rings. The van der Waals surface area contributed by atoms with Gasteiger partial charge in [0.2, 0.25) is 11.7 Å². The third kappa shape index (κ3) is 5.60. The maximum atomic E-state index is 13.3. The summed E-state index contributed by atoms with van der Waals surface area (Å²) < 4.78 is 18.3. The van der Waals surface area contributed by atoms with Gasteiger partial charge in [-0.2, -0.15) is 5.48 Å². The molecule has 0 atom stereocenters. The number of anilines is 2. The molecular formula is C23H17BrFN5O3. The number of nitrogens with one attached hydrogen (secondary N) is 2. The highest BCUT2D eigenvalue weighted by Gasteiger charge is 2.24. The van der Waals surface area contributed by atoms with E-state index in [1.165, 1.54) is 24.4 Å². The number of carbonyl (C=O) groups is 1. The largest absolute Gasteiger partial charge is 0.305 e. The molecule has 0 aliphatic heterocycles. The van der Waals surface area contributed by atoms with E-state index < -0.39 is 11.7 Å². The molecule has 4 aromatic rings. The third-order valence-electron chi connectivity index (χ3n) is 4.59. The number of aromatic nitrogens is 2. The highest BCUT2D eigenvalue weighted by Crippen LogP contribution is 2.26. The molecule has 2 N–H and O–H groups in total. The minimum Gasteiger partial charge on any atom is -0.305 e. The molecule has 4 rings (SSSR count). The van der Waals surface area contributed by atoms with Gasteiger partial charge in [-0.05, 0) is 55.6 Å². The minimum atomic E-state index is -0.566. The maximum absolute atomic E-state index is 13.3. The van der Waals surface area contributed by atoms with Crippen molar-refractivity contribution in [3.63, 3.8) is 0 Å². The van der Waals surface area contributed by atoms with E-state index in [0.717, 1.165) is 11.1 Å². The van der Waals surface area contributed by atoms with Crippen LogP contribution in [0.3, 0.4) is 0 Å². The molecule has 0 unspecified atom stereocenters. The first-order chi connectivity index (χ1) is 16.1. The quantitative estimate of drug-likeness (QED) is 0.252. The lowest BCUT2D eigenvalue weighted by Gasteiger charge is -2.17. The number of rotatable bonds is 8. The van der Waals surface area contributed by atoms with Crippen LogP contribution in [0.4, 0.5) is 15.9 Å². The highest BCUT2D eigenvalue weighted by atomic mass is 79.9. The lowest BCUT2D eigenvalue weighted by Crippen LogP contribution is -2.23. The fraction of sp³-hybridized carbons (Fsp3) is 0.0435. The first-order valence-corrected chi connectivity index (χ1v) is 10.5. The summed E-state index contributed by atoms with van der Waals surface area (Å²) in [6, 6.07) is 23.0. The molecule has 0 bridgehead atoms. The summed E-state index contributed by atoms with van der Waals surface area (Å²) in [5.74, 6) is -1.19. The van der Waals surface area contributed by atoms with E-state index in [-0.39, 0.29) is 21.9 Å². The van der Waals surface area contributed by atoms with Gasteiger partial charge in [0, 0.05) is 0 Å². The van der Waals surface area contributed by atoms with Crippen molar-refractivity contribution in [2.24, 2.45) is 5.16 Å². The van der Waals surface area contributed by atoms with Crippen molar-refractivity contribution >= 4 is 39.6 Å². The van der Waals surface area contributed by atoms with Gasteiger partial charge in [0.15, 0.2) is 5.69 Å². The molecule has 1 amide bonds. The first-order valence-electron chi connectivity index (χ1n) is 9.75. The minimum absolute atomic E-state index is 0.0914. The Morgan fingerprint density at radius 2 is 1.70 bits per heavy atom. The molecular weight excluding hydrogens is 493 g/mol. The van der Waals surface area contributed by atoms with Crippen LogP contribution in [0.2, 0.25) is 0 Å². The average Bonchev–Trinajstić information content (AvgIpc) is 3.27. The van der Waals surface area contributed by atoms with Crippen LogP contribution in [-0.4, -0.2) is 22.4 Å². The van der Waals surface area contributed by atoms with Crippen LogP contribution < -0.4 is 10.8 Å². The van der Waals surface area contributed by atoms with Gasteiger partial charge in [-0.25, -0.2) is 9.02 Å². The second-order valence-corrected chi connectivity index (χ2v) is 7.65. The second-order valence-electron chi connectivity index (χ2n) is 6.80. The van der Waals surface area contributed by atoms with Gasteiger partial charge in [0.1, 0.15) is 12.0 Å². The van der Waals surface area contributed by atoms with Crippen LogP contribution in [0.5, 0.6) is 0 Å². The summed E-state index contributed by atoms with van der Waals surface area (Å²) in [6.07, 6.45) is 1.22. The van der Waals surface area contributed by atoms with Crippen LogP contribution in [0.15, 0.2) is 93.1 Å². The Labute approximate surface area is 196 Å². The fourth-order valence-corrected chi connectivity index (χ4v) is 3.44. The second kappa shape index (κ2) is 10.5. The molecule has 10 heteroatoms. The van der Waals surface area contributed by atoms with E-state index in [9.17, 15) is 9.18 Å². The molecule has 0 aliphatic carbocycles. The standard InChI is InChI=1S/C23H17BrFN5O3/c24-18-13-17(11-12-19(18)25)28-32-26-14-20-22(30-33-29-20)27-23(31)21(15-7-3-1-4-8-15)16-9-5-2-6-10-16/h1-14,21,28H,(H,27,30,31)/b26-14+. The van der Waals surface area contributed by atoms with Crippen molar-refractivity contribution in [3.05, 3.63) is 106 Å². The predicted octanol–water partition coefficient (Wildman–Crippen LogP) is 5.12. The average molecular weight is 510 g/mol. The lowest BCUT2D eigenvalue weighted by atomic mass is 9.90. The molecule has 0 spiro atoms. The number of hydrogen-bond acceptors (Lipinski definition) is 7. The van der Waals surface area contributed by atoms with Crippen molar-refractivity contribution in [3.8, 4) is 0 Å². The first kappa shape index (κ1) is 22.2. The number of nitrogens with zero attached hydrogens (tertiary/aromatic N) is 3. The van der Waals surface area contributed by atoms with Crippen LogP contribution in [0.1, 0.15) is 22.7 Å². The van der Waals surface area contributed by atoms with Crippen molar-refractivity contribution in [2.45, 2.75) is 5.92 Å². The summed E-state index contributed by atoms with van der Waals surface area (Å²) in [7, 11) is 0. The normalized spacial score (nSPS) is 11.0. The van der Waals surface area contributed by atoms with Crippen molar-refractivity contribution in [1.29, 1.82) is 0 Å². The molecule has 0 saturated heterocycles. The molecule has 166 valence electrons. The Morgan fingerprint density at radius 1 is 1.03 bits per heavy atom. The van der Waals surface area contributed by atoms with E-state index >= 15 is 0 Å². The molecule has 0 saturated carbocycles. The van der Waals surface area contributed by atoms with Gasteiger partial charge in [0.25, 0.3) is 0 Å². The molecule has 33 heavy (non-hydrogen) atoms. The van der Waals surface area contributed by atoms with E-state index in [4.69, 9.17) is 9.57 Å². The molecule has 0 radical (unpaired) electrons. The SMILES string of the molecule is O=C(Nc1nonc1/C=N/ONc1ccc(F)c(Br)c1)C(c1ccccc1)c1ccccc1. The zero-order valence-electron chi connectivity index (χ0n) is 17.0. The summed E-state index contributed by atoms with van der Waals surface area (Å²) >= 11 is 3.08. The predicted molar refractivity (Wildman–Crippen MR) is 124 cm³/mol. The lowest BCUT2D eigenvalue weighted by molar-refractivity contribution is -0.116. The van der Waals surface area contributed by atoms with E-state index in [1.807, 2.05) is 60.7 Å². The molecule has 1 heterocycles. The zero-order chi connectivity index (χ0) is 23.0. The monoisotopic (exact) mass is 509 g/mol. The molecule has 1 aromatic heterocycles. The Morgan fingerprint density at radius 3 is 2.33 bits per heavy atom. The number of oxime groups is 1. The van der Waals surface area contributed by atoms with Crippen molar-refractivity contribution in [2.75, 3.05) is 10.8 Å². The molecule has 3 aromatic carbocycles. The molecule has 0 aliphatic rings. The van der Waals surface area contributed by atoms with E-state index in [1.54, 1.807) is 0 Å². The Balaban J connectivity index is 1.45. The van der Waals surface area contributed by atoms with Gasteiger partial charge >= 0.3 is 0 Å².